The van der Waals surface area contributed by atoms with Crippen molar-refractivity contribution in [2.45, 2.75) is 31.7 Å². The lowest BCUT2D eigenvalue weighted by Gasteiger charge is -2.11. The summed E-state index contributed by atoms with van der Waals surface area (Å²) in [6, 6.07) is 0.423. The predicted molar refractivity (Wildman–Crippen MR) is 61.6 cm³/mol. The van der Waals surface area contributed by atoms with E-state index in [0.717, 1.165) is 12.8 Å². The molecule has 0 unspecified atom stereocenters. The van der Waals surface area contributed by atoms with E-state index >= 15 is 0 Å². The summed E-state index contributed by atoms with van der Waals surface area (Å²) < 4.78 is 21.7. The summed E-state index contributed by atoms with van der Waals surface area (Å²) in [6.45, 7) is 0.240. The number of aliphatic imine (C=N–C) groups is 1. The molecule has 3 N–H and O–H groups in total. The van der Waals surface area contributed by atoms with Crippen LogP contribution in [0, 0.1) is 0 Å². The molecule has 1 aliphatic carbocycles. The molecule has 6 heteroatoms. The van der Waals surface area contributed by atoms with Crippen LogP contribution in [0.3, 0.4) is 0 Å². The van der Waals surface area contributed by atoms with Crippen molar-refractivity contribution in [3.63, 3.8) is 0 Å². The SMILES string of the molecule is CS(=O)(=O)CCN=C(N)NC1CCCC1. The summed E-state index contributed by atoms with van der Waals surface area (Å²) in [5, 5.41) is 3.10. The van der Waals surface area contributed by atoms with Crippen LogP contribution in [0.15, 0.2) is 4.99 Å². The van der Waals surface area contributed by atoms with Crippen molar-refractivity contribution >= 4 is 15.8 Å². The first kappa shape index (κ1) is 12.3. The Hall–Kier alpha value is -0.780. The standard InChI is InChI=1S/C9H19N3O2S/c1-15(13,14)7-6-11-9(10)12-8-4-2-3-5-8/h8H,2-7H2,1H3,(H3,10,11,12). The molecule has 15 heavy (non-hydrogen) atoms. The minimum atomic E-state index is -2.94. The molecule has 0 aromatic rings. The van der Waals surface area contributed by atoms with Crippen LogP contribution in [0.25, 0.3) is 0 Å². The summed E-state index contributed by atoms with van der Waals surface area (Å²) in [5.41, 5.74) is 5.63. The van der Waals surface area contributed by atoms with Crippen LogP contribution in [0.1, 0.15) is 25.7 Å². The monoisotopic (exact) mass is 233 g/mol. The predicted octanol–water partition coefficient (Wildman–Crippen LogP) is -0.122. The van der Waals surface area contributed by atoms with Gasteiger partial charge in [0.1, 0.15) is 9.84 Å². The van der Waals surface area contributed by atoms with Gasteiger partial charge in [0.25, 0.3) is 0 Å². The highest BCUT2D eigenvalue weighted by Gasteiger charge is 2.14. The van der Waals surface area contributed by atoms with Crippen molar-refractivity contribution in [3.8, 4) is 0 Å². The second-order valence-corrected chi connectivity index (χ2v) is 6.28. The van der Waals surface area contributed by atoms with Gasteiger partial charge in [0.05, 0.1) is 12.3 Å². The summed E-state index contributed by atoms with van der Waals surface area (Å²) in [5.74, 6) is 0.422. The second-order valence-electron chi connectivity index (χ2n) is 4.02. The van der Waals surface area contributed by atoms with Gasteiger partial charge in [0, 0.05) is 12.3 Å². The Kier molecular flexibility index (Phi) is 4.38. The highest BCUT2D eigenvalue weighted by Crippen LogP contribution is 2.17. The van der Waals surface area contributed by atoms with Crippen molar-refractivity contribution in [1.82, 2.24) is 5.32 Å². The molecule has 0 aromatic heterocycles. The molecule has 0 saturated heterocycles. The molecule has 1 saturated carbocycles. The molecule has 0 heterocycles. The van der Waals surface area contributed by atoms with Gasteiger partial charge in [-0.25, -0.2) is 8.42 Å². The first-order valence-corrected chi connectivity index (χ1v) is 7.27. The summed E-state index contributed by atoms with van der Waals surface area (Å²) in [6.07, 6.45) is 5.91. The lowest BCUT2D eigenvalue weighted by atomic mass is 10.3. The van der Waals surface area contributed by atoms with E-state index in [0.29, 0.717) is 12.0 Å². The van der Waals surface area contributed by atoms with Gasteiger partial charge < -0.3 is 11.1 Å². The van der Waals surface area contributed by atoms with E-state index in [-0.39, 0.29) is 12.3 Å². The number of sulfone groups is 1. The Morgan fingerprint density at radius 2 is 2.07 bits per heavy atom. The normalized spacial score (nSPS) is 19.4. The smallest absolute Gasteiger partial charge is 0.188 e. The molecule has 0 spiro atoms. The highest BCUT2D eigenvalue weighted by molar-refractivity contribution is 7.90. The summed E-state index contributed by atoms with van der Waals surface area (Å²) in [4.78, 5) is 3.98. The Bertz CT molecular complexity index is 318. The zero-order valence-electron chi connectivity index (χ0n) is 9.07. The van der Waals surface area contributed by atoms with Crippen LogP contribution in [0.4, 0.5) is 0 Å². The topological polar surface area (TPSA) is 84.5 Å². The zero-order valence-corrected chi connectivity index (χ0v) is 9.89. The molecule has 0 bridgehead atoms. The molecule has 0 atom stereocenters. The minimum absolute atomic E-state index is 0.0556. The fourth-order valence-electron chi connectivity index (χ4n) is 1.66. The number of nitrogens with two attached hydrogens (primary N) is 1. The molecular formula is C9H19N3O2S. The van der Waals surface area contributed by atoms with Gasteiger partial charge in [-0.3, -0.25) is 4.99 Å². The van der Waals surface area contributed by atoms with Gasteiger partial charge in [-0.15, -0.1) is 0 Å². The Balaban J connectivity index is 2.26. The zero-order chi connectivity index (χ0) is 11.3. The number of hydrogen-bond acceptors (Lipinski definition) is 3. The van der Waals surface area contributed by atoms with Crippen LogP contribution in [-0.2, 0) is 9.84 Å². The van der Waals surface area contributed by atoms with E-state index in [4.69, 9.17) is 5.73 Å². The number of hydrogen-bond donors (Lipinski definition) is 2. The Morgan fingerprint density at radius 3 is 2.60 bits per heavy atom. The first-order chi connectivity index (χ1) is 6.97. The van der Waals surface area contributed by atoms with Crippen LogP contribution >= 0.6 is 0 Å². The van der Waals surface area contributed by atoms with Crippen LogP contribution in [0.2, 0.25) is 0 Å². The maximum atomic E-state index is 10.8. The largest absolute Gasteiger partial charge is 0.370 e. The molecule has 88 valence electrons. The van der Waals surface area contributed by atoms with Gasteiger partial charge in [0.15, 0.2) is 5.96 Å². The van der Waals surface area contributed by atoms with Crippen molar-refractivity contribution < 1.29 is 8.42 Å². The highest BCUT2D eigenvalue weighted by atomic mass is 32.2. The van der Waals surface area contributed by atoms with E-state index in [2.05, 4.69) is 10.3 Å². The third-order valence-corrected chi connectivity index (χ3v) is 3.38. The minimum Gasteiger partial charge on any atom is -0.370 e. The van der Waals surface area contributed by atoms with E-state index < -0.39 is 9.84 Å². The molecule has 0 radical (unpaired) electrons. The fourth-order valence-corrected chi connectivity index (χ4v) is 2.08. The third kappa shape index (κ3) is 5.61. The van der Waals surface area contributed by atoms with Gasteiger partial charge in [-0.05, 0) is 12.8 Å². The average molecular weight is 233 g/mol. The number of rotatable bonds is 4. The fraction of sp³-hybridized carbons (Fsp3) is 0.889. The lowest BCUT2D eigenvalue weighted by Crippen LogP contribution is -2.38. The molecule has 0 aromatic carbocycles. The number of nitrogens with one attached hydrogen (secondary N) is 1. The van der Waals surface area contributed by atoms with Gasteiger partial charge in [-0.1, -0.05) is 12.8 Å². The molecule has 1 rings (SSSR count). The maximum Gasteiger partial charge on any atom is 0.188 e. The van der Waals surface area contributed by atoms with Crippen molar-refractivity contribution in [2.24, 2.45) is 10.7 Å². The average Bonchev–Trinajstić information content (AvgIpc) is 2.54. The van der Waals surface area contributed by atoms with E-state index in [1.54, 1.807) is 0 Å². The first-order valence-electron chi connectivity index (χ1n) is 5.21. The second kappa shape index (κ2) is 5.34. The molecule has 1 aliphatic rings. The van der Waals surface area contributed by atoms with E-state index in [1.807, 2.05) is 0 Å². The number of guanidine groups is 1. The summed E-state index contributed by atoms with van der Waals surface area (Å²) in [7, 11) is -2.94. The van der Waals surface area contributed by atoms with Crippen molar-refractivity contribution in [1.29, 1.82) is 0 Å². The van der Waals surface area contributed by atoms with Crippen molar-refractivity contribution in [3.05, 3.63) is 0 Å². The van der Waals surface area contributed by atoms with E-state index in [1.165, 1.54) is 19.1 Å². The van der Waals surface area contributed by atoms with Crippen LogP contribution in [-0.4, -0.2) is 39.0 Å². The Morgan fingerprint density at radius 1 is 1.47 bits per heavy atom. The third-order valence-electron chi connectivity index (χ3n) is 2.45. The van der Waals surface area contributed by atoms with Crippen LogP contribution < -0.4 is 11.1 Å². The summed E-state index contributed by atoms with van der Waals surface area (Å²) >= 11 is 0. The van der Waals surface area contributed by atoms with Gasteiger partial charge >= 0.3 is 0 Å². The molecule has 1 fully saturated rings. The van der Waals surface area contributed by atoms with Crippen LogP contribution in [0.5, 0.6) is 0 Å². The molecule has 5 nitrogen and oxygen atoms in total. The number of nitrogens with zero attached hydrogens (tertiary/aromatic N) is 1. The van der Waals surface area contributed by atoms with Gasteiger partial charge in [0.2, 0.25) is 0 Å². The quantitative estimate of drug-likeness (QED) is 0.523. The molecule has 0 aliphatic heterocycles. The lowest BCUT2D eigenvalue weighted by molar-refractivity contribution is 0.601. The van der Waals surface area contributed by atoms with Gasteiger partial charge in [-0.2, -0.15) is 0 Å². The molecule has 0 amide bonds. The maximum absolute atomic E-state index is 10.8. The van der Waals surface area contributed by atoms with E-state index in [9.17, 15) is 8.42 Å². The molecular weight excluding hydrogens is 214 g/mol. The van der Waals surface area contributed by atoms with Crippen molar-refractivity contribution in [2.75, 3.05) is 18.6 Å². The Labute approximate surface area is 91.1 Å².